The Bertz CT molecular complexity index is 386. The van der Waals surface area contributed by atoms with Crippen LogP contribution in [0.4, 0.5) is 0 Å². The van der Waals surface area contributed by atoms with Gasteiger partial charge in [0.2, 0.25) is 0 Å². The fourth-order valence-corrected chi connectivity index (χ4v) is 3.02. The van der Waals surface area contributed by atoms with Crippen molar-refractivity contribution in [3.63, 3.8) is 0 Å². The quantitative estimate of drug-likeness (QED) is 0.622. The fraction of sp³-hybridized carbons (Fsp3) is 0.667. The first-order valence-electron chi connectivity index (χ1n) is 8.29. The Morgan fingerprint density at radius 3 is 1.91 bits per heavy atom. The van der Waals surface area contributed by atoms with E-state index in [1.54, 1.807) is 0 Å². The van der Waals surface area contributed by atoms with Crippen LogP contribution in [0, 0.1) is 5.92 Å². The third kappa shape index (κ3) is 6.92. The molecule has 0 aliphatic heterocycles. The van der Waals surface area contributed by atoms with E-state index in [9.17, 15) is 9.59 Å². The molecule has 2 rings (SSSR count). The lowest BCUT2D eigenvalue weighted by molar-refractivity contribution is -0.144. The molecule has 2 aliphatic rings. The van der Waals surface area contributed by atoms with Crippen LogP contribution in [0.25, 0.3) is 0 Å². The average Bonchev–Trinajstić information content (AvgIpc) is 2.56. The van der Waals surface area contributed by atoms with Crippen LogP contribution in [-0.2, 0) is 14.3 Å². The standard InChI is InChI=1S/2C9H14O2/c1-7(9(10)11)8-5-3-2-4-6-8;1-2-9(10)11-8-6-4-3-5-7-8/h8H,1-6H2,(H,10,11);2,8H,1,3-7H2. The Morgan fingerprint density at radius 2 is 1.45 bits per heavy atom. The lowest BCUT2D eigenvalue weighted by atomic mass is 9.84. The highest BCUT2D eigenvalue weighted by atomic mass is 16.5. The largest absolute Gasteiger partial charge is 0.478 e. The summed E-state index contributed by atoms with van der Waals surface area (Å²) in [5.74, 6) is -0.852. The first kappa shape index (κ1) is 18.5. The molecule has 0 aromatic heterocycles. The van der Waals surface area contributed by atoms with E-state index in [0.29, 0.717) is 5.57 Å². The topological polar surface area (TPSA) is 63.6 Å². The van der Waals surface area contributed by atoms with Crippen molar-refractivity contribution in [3.8, 4) is 0 Å². The number of ether oxygens (including phenoxy) is 1. The molecule has 0 atom stereocenters. The summed E-state index contributed by atoms with van der Waals surface area (Å²) in [6, 6.07) is 0. The van der Waals surface area contributed by atoms with E-state index in [4.69, 9.17) is 9.84 Å². The average molecular weight is 308 g/mol. The van der Waals surface area contributed by atoms with Crippen LogP contribution in [0.3, 0.4) is 0 Å². The molecule has 1 N–H and O–H groups in total. The zero-order valence-electron chi connectivity index (χ0n) is 13.4. The highest BCUT2D eigenvalue weighted by molar-refractivity contribution is 5.86. The third-order valence-corrected chi connectivity index (χ3v) is 4.37. The Hall–Kier alpha value is -1.58. The summed E-state index contributed by atoms with van der Waals surface area (Å²) in [7, 11) is 0. The number of carboxylic acids is 1. The van der Waals surface area contributed by atoms with E-state index in [-0.39, 0.29) is 18.0 Å². The van der Waals surface area contributed by atoms with Gasteiger partial charge >= 0.3 is 11.9 Å². The van der Waals surface area contributed by atoms with Gasteiger partial charge in [-0.25, -0.2) is 9.59 Å². The van der Waals surface area contributed by atoms with Crippen LogP contribution in [0.1, 0.15) is 64.2 Å². The van der Waals surface area contributed by atoms with E-state index >= 15 is 0 Å². The van der Waals surface area contributed by atoms with Crippen LogP contribution < -0.4 is 0 Å². The summed E-state index contributed by atoms with van der Waals surface area (Å²) in [4.78, 5) is 21.2. The number of carbonyl (C=O) groups excluding carboxylic acids is 1. The summed E-state index contributed by atoms with van der Waals surface area (Å²) in [5.41, 5.74) is 0.407. The molecule has 0 saturated heterocycles. The summed E-state index contributed by atoms with van der Waals surface area (Å²) in [6.45, 7) is 6.93. The summed E-state index contributed by atoms with van der Waals surface area (Å²) < 4.78 is 5.08. The fourth-order valence-electron chi connectivity index (χ4n) is 3.02. The number of hydrogen-bond acceptors (Lipinski definition) is 3. The number of rotatable bonds is 4. The number of carboxylic acid groups (broad SMARTS) is 1. The van der Waals surface area contributed by atoms with Gasteiger partial charge in [0, 0.05) is 11.6 Å². The van der Waals surface area contributed by atoms with Crippen molar-refractivity contribution < 1.29 is 19.4 Å². The smallest absolute Gasteiger partial charge is 0.331 e. The summed E-state index contributed by atoms with van der Waals surface area (Å²) in [6.07, 6.45) is 12.7. The lowest BCUT2D eigenvalue weighted by Crippen LogP contribution is -2.19. The molecule has 2 fully saturated rings. The lowest BCUT2D eigenvalue weighted by Gasteiger charge is -2.20. The molecular formula is C18H28O4. The second-order valence-corrected chi connectivity index (χ2v) is 6.07. The SMILES string of the molecule is C=C(C(=O)O)C1CCCCC1.C=CC(=O)OC1CCCCC1. The van der Waals surface area contributed by atoms with Crippen molar-refractivity contribution >= 4 is 11.9 Å². The van der Waals surface area contributed by atoms with Gasteiger partial charge in [-0.05, 0) is 44.4 Å². The monoisotopic (exact) mass is 308 g/mol. The Morgan fingerprint density at radius 1 is 0.955 bits per heavy atom. The maximum atomic E-state index is 10.7. The predicted octanol–water partition coefficient (Wildman–Crippen LogP) is 4.26. The molecule has 0 amide bonds. The molecular weight excluding hydrogens is 280 g/mol. The second kappa shape index (κ2) is 10.2. The Balaban J connectivity index is 0.000000220. The van der Waals surface area contributed by atoms with Gasteiger partial charge < -0.3 is 9.84 Å². The highest BCUT2D eigenvalue weighted by Crippen LogP contribution is 2.28. The van der Waals surface area contributed by atoms with Crippen LogP contribution in [0.15, 0.2) is 24.8 Å². The molecule has 0 heterocycles. The third-order valence-electron chi connectivity index (χ3n) is 4.37. The van der Waals surface area contributed by atoms with Gasteiger partial charge in [-0.3, -0.25) is 0 Å². The van der Waals surface area contributed by atoms with Crippen molar-refractivity contribution in [3.05, 3.63) is 24.8 Å². The molecule has 0 spiro atoms. The van der Waals surface area contributed by atoms with Gasteiger partial charge in [-0.15, -0.1) is 0 Å². The van der Waals surface area contributed by atoms with Crippen LogP contribution in [0.2, 0.25) is 0 Å². The van der Waals surface area contributed by atoms with E-state index in [0.717, 1.165) is 38.5 Å². The first-order valence-corrected chi connectivity index (χ1v) is 8.29. The number of esters is 1. The highest BCUT2D eigenvalue weighted by Gasteiger charge is 2.20. The predicted molar refractivity (Wildman–Crippen MR) is 86.5 cm³/mol. The van der Waals surface area contributed by atoms with Gasteiger partial charge in [-0.1, -0.05) is 38.8 Å². The first-order chi connectivity index (χ1) is 10.5. The molecule has 0 bridgehead atoms. The second-order valence-electron chi connectivity index (χ2n) is 6.07. The van der Waals surface area contributed by atoms with E-state index in [1.165, 1.54) is 31.8 Å². The van der Waals surface area contributed by atoms with Crippen LogP contribution in [0.5, 0.6) is 0 Å². The van der Waals surface area contributed by atoms with E-state index in [2.05, 4.69) is 13.2 Å². The minimum Gasteiger partial charge on any atom is -0.478 e. The Labute approximate surface area is 133 Å². The van der Waals surface area contributed by atoms with Gasteiger partial charge in [0.25, 0.3) is 0 Å². The van der Waals surface area contributed by atoms with Crippen molar-refractivity contribution in [2.75, 3.05) is 0 Å². The molecule has 0 aromatic rings. The number of hydrogen-bond donors (Lipinski definition) is 1. The molecule has 2 saturated carbocycles. The van der Waals surface area contributed by atoms with Gasteiger partial charge in [-0.2, -0.15) is 0 Å². The minimum absolute atomic E-state index is 0.161. The van der Waals surface area contributed by atoms with Crippen molar-refractivity contribution in [1.29, 1.82) is 0 Å². The van der Waals surface area contributed by atoms with E-state index < -0.39 is 5.97 Å². The Kier molecular flexibility index (Phi) is 8.56. The zero-order valence-corrected chi connectivity index (χ0v) is 13.4. The van der Waals surface area contributed by atoms with Gasteiger partial charge in [0.15, 0.2) is 0 Å². The molecule has 124 valence electrons. The molecule has 2 aliphatic carbocycles. The normalized spacial score (nSPS) is 19.5. The molecule has 4 heteroatoms. The van der Waals surface area contributed by atoms with Gasteiger partial charge in [0.1, 0.15) is 6.10 Å². The number of aliphatic carboxylic acids is 1. The maximum absolute atomic E-state index is 10.7. The van der Waals surface area contributed by atoms with Crippen molar-refractivity contribution in [1.82, 2.24) is 0 Å². The van der Waals surface area contributed by atoms with Crippen molar-refractivity contribution in [2.24, 2.45) is 5.92 Å². The number of carbonyl (C=O) groups is 2. The maximum Gasteiger partial charge on any atom is 0.331 e. The molecule has 0 aromatic carbocycles. The van der Waals surface area contributed by atoms with Crippen LogP contribution in [-0.4, -0.2) is 23.1 Å². The van der Waals surface area contributed by atoms with Crippen LogP contribution >= 0.6 is 0 Å². The summed E-state index contributed by atoms with van der Waals surface area (Å²) in [5, 5.41) is 8.63. The molecule has 4 nitrogen and oxygen atoms in total. The molecule has 0 radical (unpaired) electrons. The van der Waals surface area contributed by atoms with E-state index in [1.807, 2.05) is 0 Å². The minimum atomic E-state index is -0.822. The molecule has 22 heavy (non-hydrogen) atoms. The summed E-state index contributed by atoms with van der Waals surface area (Å²) >= 11 is 0. The van der Waals surface area contributed by atoms with Crippen molar-refractivity contribution in [2.45, 2.75) is 70.3 Å². The zero-order chi connectivity index (χ0) is 16.4. The molecule has 0 unspecified atom stereocenters. The van der Waals surface area contributed by atoms with Gasteiger partial charge in [0.05, 0.1) is 0 Å².